The first-order valence-electron chi connectivity index (χ1n) is 12.3. The number of benzene rings is 1. The van der Waals surface area contributed by atoms with Crippen LogP contribution < -0.4 is 10.1 Å². The van der Waals surface area contributed by atoms with E-state index < -0.39 is 66.3 Å². The van der Waals surface area contributed by atoms with Gasteiger partial charge in [0.1, 0.15) is 12.7 Å². The van der Waals surface area contributed by atoms with Crippen molar-refractivity contribution < 1.29 is 43.2 Å². The molecule has 1 amide bonds. The molecule has 3 rings (SSSR count). The molecule has 4 atom stereocenters. The number of carbonyl (C=O) groups excluding carboxylic acids is 4. The normalized spacial score (nSPS) is 21.8. The number of hydrogen-bond acceptors (Lipinski definition) is 10. The summed E-state index contributed by atoms with van der Waals surface area (Å²) in [6.07, 6.45) is -0.137. The van der Waals surface area contributed by atoms with Gasteiger partial charge in [0.05, 0.1) is 18.9 Å². The van der Waals surface area contributed by atoms with E-state index in [2.05, 4.69) is 10.3 Å². The van der Waals surface area contributed by atoms with Crippen LogP contribution in [-0.2, 0) is 35.0 Å². The predicted octanol–water partition coefficient (Wildman–Crippen LogP) is 2.20. The van der Waals surface area contributed by atoms with Gasteiger partial charge < -0.3 is 29.4 Å². The molecule has 0 aliphatic carbocycles. The third-order valence-corrected chi connectivity index (χ3v) is 6.08. The Morgan fingerprint density at radius 3 is 2.53 bits per heavy atom. The van der Waals surface area contributed by atoms with Crippen molar-refractivity contribution in [3.8, 4) is 11.5 Å². The molecule has 1 fully saturated rings. The Balaban J connectivity index is 1.84. The molecule has 0 radical (unpaired) electrons. The predicted molar refractivity (Wildman–Crippen MR) is 133 cm³/mol. The highest BCUT2D eigenvalue weighted by Crippen LogP contribution is 2.28. The van der Waals surface area contributed by atoms with E-state index in [1.807, 2.05) is 30.3 Å². The number of aromatic hydroxyl groups is 1. The zero-order valence-corrected chi connectivity index (χ0v) is 21.7. The Morgan fingerprint density at radius 2 is 1.87 bits per heavy atom. The lowest BCUT2D eigenvalue weighted by atomic mass is 9.91. The van der Waals surface area contributed by atoms with Crippen molar-refractivity contribution in [1.29, 1.82) is 0 Å². The Bertz CT molecular complexity index is 1150. The van der Waals surface area contributed by atoms with Crippen molar-refractivity contribution >= 4 is 23.8 Å². The quantitative estimate of drug-likeness (QED) is 0.385. The van der Waals surface area contributed by atoms with Crippen LogP contribution in [0.4, 0.5) is 0 Å². The van der Waals surface area contributed by atoms with Gasteiger partial charge in [-0.25, -0.2) is 9.78 Å². The number of hydrogen-bond donors (Lipinski definition) is 2. The van der Waals surface area contributed by atoms with E-state index in [0.717, 1.165) is 5.56 Å². The fraction of sp³-hybridized carbons (Fsp3) is 0.444. The third-order valence-electron chi connectivity index (χ3n) is 6.08. The molecule has 1 aromatic carbocycles. The van der Waals surface area contributed by atoms with Gasteiger partial charge in [-0.3, -0.25) is 14.4 Å². The first kappa shape index (κ1) is 28.4. The zero-order chi connectivity index (χ0) is 27.8. The number of cyclic esters (lactones) is 2. The Labute approximate surface area is 220 Å². The Kier molecular flexibility index (Phi) is 9.64. The van der Waals surface area contributed by atoms with Crippen LogP contribution >= 0.6 is 0 Å². The summed E-state index contributed by atoms with van der Waals surface area (Å²) in [7, 11) is 1.31. The highest BCUT2D eigenvalue weighted by Gasteiger charge is 2.42. The van der Waals surface area contributed by atoms with Crippen molar-refractivity contribution in [2.75, 3.05) is 13.7 Å². The van der Waals surface area contributed by atoms with E-state index in [0.29, 0.717) is 6.42 Å². The van der Waals surface area contributed by atoms with Crippen LogP contribution in [0.5, 0.6) is 11.5 Å². The van der Waals surface area contributed by atoms with Crippen molar-refractivity contribution in [3.63, 3.8) is 0 Å². The number of esters is 3. The van der Waals surface area contributed by atoms with Crippen LogP contribution in [0.15, 0.2) is 42.6 Å². The Hall–Kier alpha value is -4.15. The molecule has 1 aromatic heterocycles. The molecule has 38 heavy (non-hydrogen) atoms. The lowest BCUT2D eigenvalue weighted by Gasteiger charge is -2.29. The minimum Gasteiger partial charge on any atom is -0.503 e. The maximum absolute atomic E-state index is 13.2. The zero-order valence-electron chi connectivity index (χ0n) is 21.7. The number of amides is 1. The standard InChI is InChI=1S/C27H32N2O9/c1-15(2)25(32)38-23-16(3)37-27(34)19(29-24(31)21-22(30)20(35-4)12-13-28-21)14-36-26(33)18(23)11-10-17-8-6-5-7-9-17/h5-9,12-13,15-16,18-19,23,30H,10-11,14H2,1-4H3,(H,29,31). The van der Waals surface area contributed by atoms with Gasteiger partial charge in [-0.15, -0.1) is 0 Å². The molecular formula is C27H32N2O9. The first-order valence-corrected chi connectivity index (χ1v) is 12.3. The summed E-state index contributed by atoms with van der Waals surface area (Å²) in [5.74, 6) is -4.99. The molecule has 11 heteroatoms. The van der Waals surface area contributed by atoms with E-state index in [4.69, 9.17) is 18.9 Å². The van der Waals surface area contributed by atoms with Gasteiger partial charge in [0.25, 0.3) is 5.91 Å². The number of nitrogens with one attached hydrogen (secondary N) is 1. The largest absolute Gasteiger partial charge is 0.503 e. The molecule has 0 bridgehead atoms. The maximum atomic E-state index is 13.2. The van der Waals surface area contributed by atoms with E-state index >= 15 is 0 Å². The number of aromatic nitrogens is 1. The van der Waals surface area contributed by atoms with Crippen molar-refractivity contribution in [3.05, 3.63) is 53.9 Å². The van der Waals surface area contributed by atoms with Crippen molar-refractivity contribution in [2.24, 2.45) is 11.8 Å². The summed E-state index contributed by atoms with van der Waals surface area (Å²) >= 11 is 0. The number of nitrogens with zero attached hydrogens (tertiary/aromatic N) is 1. The number of rotatable bonds is 8. The minimum absolute atomic E-state index is 0.0123. The average molecular weight is 529 g/mol. The number of methoxy groups -OCH3 is 1. The molecule has 204 valence electrons. The summed E-state index contributed by atoms with van der Waals surface area (Å²) in [6, 6.07) is 9.40. The number of carbonyl (C=O) groups is 4. The SMILES string of the molecule is COc1ccnc(C(=O)NC2COC(=O)C(CCc3ccccc3)C(OC(=O)C(C)C)C(C)OC2=O)c1O. The number of aryl methyl sites for hydroxylation is 1. The van der Waals surface area contributed by atoms with Crippen LogP contribution in [0.3, 0.4) is 0 Å². The molecule has 1 aliphatic rings. The van der Waals surface area contributed by atoms with Crippen LogP contribution in [0.25, 0.3) is 0 Å². The summed E-state index contributed by atoms with van der Waals surface area (Å²) < 4.78 is 21.6. The molecule has 0 saturated carbocycles. The second kappa shape index (κ2) is 12.9. The smallest absolute Gasteiger partial charge is 0.332 e. The van der Waals surface area contributed by atoms with E-state index in [1.165, 1.54) is 26.3 Å². The van der Waals surface area contributed by atoms with E-state index in [1.54, 1.807) is 13.8 Å². The first-order chi connectivity index (χ1) is 18.1. The molecule has 2 N–H and O–H groups in total. The number of pyridine rings is 1. The molecule has 1 aliphatic heterocycles. The fourth-order valence-electron chi connectivity index (χ4n) is 3.93. The molecule has 4 unspecified atom stereocenters. The van der Waals surface area contributed by atoms with Gasteiger partial charge in [0.15, 0.2) is 29.3 Å². The van der Waals surface area contributed by atoms with Gasteiger partial charge >= 0.3 is 17.9 Å². The average Bonchev–Trinajstić information content (AvgIpc) is 2.93. The van der Waals surface area contributed by atoms with Crippen LogP contribution in [-0.4, -0.2) is 65.9 Å². The minimum atomic E-state index is -1.41. The molecule has 2 aromatic rings. The van der Waals surface area contributed by atoms with Crippen LogP contribution in [0.2, 0.25) is 0 Å². The van der Waals surface area contributed by atoms with Gasteiger partial charge in [-0.2, -0.15) is 0 Å². The topological polar surface area (TPSA) is 150 Å². The second-order valence-electron chi connectivity index (χ2n) is 9.20. The van der Waals surface area contributed by atoms with Crippen LogP contribution in [0.1, 0.15) is 43.2 Å². The summed E-state index contributed by atoms with van der Waals surface area (Å²) in [5.41, 5.74) is 0.579. The molecule has 11 nitrogen and oxygen atoms in total. The number of ether oxygens (including phenoxy) is 4. The highest BCUT2D eigenvalue weighted by atomic mass is 16.6. The summed E-state index contributed by atoms with van der Waals surface area (Å²) in [5, 5.41) is 12.6. The maximum Gasteiger partial charge on any atom is 0.332 e. The molecule has 0 spiro atoms. The molecule has 1 saturated heterocycles. The lowest BCUT2D eigenvalue weighted by Crippen LogP contribution is -2.46. The van der Waals surface area contributed by atoms with Crippen molar-refractivity contribution in [1.82, 2.24) is 10.3 Å². The van der Waals surface area contributed by atoms with Gasteiger partial charge in [-0.05, 0) is 25.3 Å². The highest BCUT2D eigenvalue weighted by molar-refractivity contribution is 5.98. The van der Waals surface area contributed by atoms with Crippen LogP contribution in [0, 0.1) is 11.8 Å². The summed E-state index contributed by atoms with van der Waals surface area (Å²) in [4.78, 5) is 55.3. The van der Waals surface area contributed by atoms with Gasteiger partial charge in [0, 0.05) is 12.3 Å². The Morgan fingerprint density at radius 1 is 1.16 bits per heavy atom. The fourth-order valence-corrected chi connectivity index (χ4v) is 3.93. The van der Waals surface area contributed by atoms with Gasteiger partial charge in [-0.1, -0.05) is 44.2 Å². The van der Waals surface area contributed by atoms with Gasteiger partial charge in [0.2, 0.25) is 0 Å². The monoisotopic (exact) mass is 528 g/mol. The third kappa shape index (κ3) is 6.99. The van der Waals surface area contributed by atoms with E-state index in [9.17, 15) is 24.3 Å². The van der Waals surface area contributed by atoms with E-state index in [-0.39, 0.29) is 17.9 Å². The van der Waals surface area contributed by atoms with Crippen molar-refractivity contribution in [2.45, 2.75) is 51.9 Å². The second-order valence-corrected chi connectivity index (χ2v) is 9.20. The summed E-state index contributed by atoms with van der Waals surface area (Å²) in [6.45, 7) is 4.28. The molecule has 2 heterocycles. The molecular weight excluding hydrogens is 496 g/mol. The lowest BCUT2D eigenvalue weighted by molar-refractivity contribution is -0.176.